The number of aromatic hydroxyl groups is 1. The van der Waals surface area contributed by atoms with Gasteiger partial charge in [-0.3, -0.25) is 0 Å². The van der Waals surface area contributed by atoms with E-state index >= 15 is 0 Å². The summed E-state index contributed by atoms with van der Waals surface area (Å²) in [5.74, 6) is 2.60. The Morgan fingerprint density at radius 2 is 0.897 bits per heavy atom. The Balaban J connectivity index is 1.63. The zero-order valence-electron chi connectivity index (χ0n) is 24.4. The Bertz CT molecular complexity index is 1070. The highest BCUT2D eigenvalue weighted by molar-refractivity contribution is 5.55. The summed E-state index contributed by atoms with van der Waals surface area (Å²) in [7, 11) is 0. The topological polar surface area (TPSA) is 38.7 Å². The van der Waals surface area contributed by atoms with Crippen molar-refractivity contribution in [2.24, 2.45) is 0 Å². The number of benzene rings is 3. The van der Waals surface area contributed by atoms with Crippen LogP contribution in [0.4, 0.5) is 0 Å². The minimum absolute atomic E-state index is 0.0859. The first kappa shape index (κ1) is 30.6. The van der Waals surface area contributed by atoms with Crippen LogP contribution >= 0.6 is 0 Å². The molecule has 0 amide bonds. The molecule has 1 N–H and O–H groups in total. The second kappa shape index (κ2) is 18.4. The summed E-state index contributed by atoms with van der Waals surface area (Å²) < 4.78 is 12.8. The van der Waals surface area contributed by atoms with Gasteiger partial charge in [-0.15, -0.1) is 0 Å². The molecule has 0 heterocycles. The summed E-state index contributed by atoms with van der Waals surface area (Å²) >= 11 is 0. The van der Waals surface area contributed by atoms with Crippen LogP contribution in [-0.2, 0) is 12.8 Å². The van der Waals surface area contributed by atoms with Crippen molar-refractivity contribution < 1.29 is 14.6 Å². The van der Waals surface area contributed by atoms with E-state index in [1.165, 1.54) is 88.2 Å². The third-order valence-corrected chi connectivity index (χ3v) is 7.43. The molecule has 3 aromatic carbocycles. The van der Waals surface area contributed by atoms with Gasteiger partial charge in [0, 0.05) is 0 Å². The fraction of sp³-hybridized carbons (Fsp3) is 0.500. The van der Waals surface area contributed by atoms with E-state index < -0.39 is 0 Å². The molecule has 3 aromatic rings. The molecule has 0 atom stereocenters. The van der Waals surface area contributed by atoms with Gasteiger partial charge in [0.05, 0.1) is 0 Å². The number of unbranched alkanes of at least 4 members (excludes halogenated alkanes) is 12. The summed E-state index contributed by atoms with van der Waals surface area (Å²) in [4.78, 5) is 0. The third-order valence-electron chi connectivity index (χ3n) is 7.43. The molecule has 3 rings (SSSR count). The molecule has 212 valence electrons. The van der Waals surface area contributed by atoms with Gasteiger partial charge in [-0.05, 0) is 61.1 Å². The first-order valence-corrected chi connectivity index (χ1v) is 15.6. The number of ether oxygens (including phenoxy) is 2. The smallest absolute Gasteiger partial charge is 0.211 e. The Kier molecular flexibility index (Phi) is 14.4. The fourth-order valence-electron chi connectivity index (χ4n) is 5.08. The van der Waals surface area contributed by atoms with Crippen molar-refractivity contribution in [3.05, 3.63) is 77.9 Å². The lowest BCUT2D eigenvalue weighted by atomic mass is 10.0. The molecule has 0 aliphatic rings. The minimum Gasteiger partial charge on any atom is -0.504 e. The number of hydrogen-bond acceptors (Lipinski definition) is 3. The lowest BCUT2D eigenvalue weighted by Crippen LogP contribution is -1.97. The molecule has 0 aliphatic carbocycles. The highest BCUT2D eigenvalue weighted by atomic mass is 16.5. The maximum Gasteiger partial charge on any atom is 0.211 e. The molecule has 0 aromatic heterocycles. The predicted octanol–water partition coefficient (Wildman–Crippen LogP) is 11.6. The number of aryl methyl sites for hydroxylation is 2. The molecule has 0 aliphatic heterocycles. The van der Waals surface area contributed by atoms with E-state index in [0.717, 1.165) is 37.2 Å². The van der Waals surface area contributed by atoms with Gasteiger partial charge in [0.2, 0.25) is 5.75 Å². The molecule has 3 nitrogen and oxygen atoms in total. The number of phenolic OH excluding ortho intramolecular Hbond substituents is 1. The summed E-state index contributed by atoms with van der Waals surface area (Å²) in [6.07, 6.45) is 19.9. The van der Waals surface area contributed by atoms with E-state index in [-0.39, 0.29) is 5.75 Å². The Morgan fingerprint density at radius 1 is 0.462 bits per heavy atom. The van der Waals surface area contributed by atoms with Gasteiger partial charge in [0.25, 0.3) is 0 Å². The molecule has 0 radical (unpaired) electrons. The number of hydrogen-bond donors (Lipinski definition) is 1. The number of phenols is 1. The SMILES string of the molecule is CCCCCCCCCc1ccccc1Oc1cccc(O)c1Oc1ccccc1CCCCCCCCC. The summed E-state index contributed by atoms with van der Waals surface area (Å²) in [5, 5.41) is 10.8. The first-order valence-electron chi connectivity index (χ1n) is 15.6. The van der Waals surface area contributed by atoms with Gasteiger partial charge in [0.1, 0.15) is 11.5 Å². The Labute approximate surface area is 237 Å². The second-order valence-electron chi connectivity index (χ2n) is 10.8. The highest BCUT2D eigenvalue weighted by Crippen LogP contribution is 2.43. The van der Waals surface area contributed by atoms with E-state index in [4.69, 9.17) is 9.47 Å². The monoisotopic (exact) mass is 530 g/mol. The van der Waals surface area contributed by atoms with Crippen molar-refractivity contribution in [1.82, 2.24) is 0 Å². The van der Waals surface area contributed by atoms with Gasteiger partial charge in [-0.1, -0.05) is 133 Å². The zero-order chi connectivity index (χ0) is 27.5. The number of rotatable bonds is 20. The standard InChI is InChI=1S/C36H50O3/c1-3-5-7-9-11-13-15-22-30-24-17-19-27-33(30)38-35-29-21-26-32(37)36(35)39-34-28-20-18-25-31(34)23-16-14-12-10-8-6-4-2/h17-21,24-29,37H,3-16,22-23H2,1-2H3. The lowest BCUT2D eigenvalue weighted by molar-refractivity contribution is 0.377. The minimum atomic E-state index is 0.0859. The normalized spacial score (nSPS) is 11.0. The van der Waals surface area contributed by atoms with Crippen LogP contribution in [0.1, 0.15) is 115 Å². The van der Waals surface area contributed by atoms with Gasteiger partial charge >= 0.3 is 0 Å². The molecular formula is C36H50O3. The second-order valence-corrected chi connectivity index (χ2v) is 10.8. The first-order chi connectivity index (χ1) is 19.2. The zero-order valence-corrected chi connectivity index (χ0v) is 24.4. The van der Waals surface area contributed by atoms with Crippen LogP contribution in [0.2, 0.25) is 0 Å². The van der Waals surface area contributed by atoms with Crippen molar-refractivity contribution in [2.75, 3.05) is 0 Å². The Hall–Kier alpha value is -2.94. The average molecular weight is 531 g/mol. The van der Waals surface area contributed by atoms with Crippen LogP contribution in [-0.4, -0.2) is 5.11 Å². The molecular weight excluding hydrogens is 480 g/mol. The van der Waals surface area contributed by atoms with Crippen molar-refractivity contribution in [2.45, 2.75) is 117 Å². The molecule has 0 bridgehead atoms. The van der Waals surface area contributed by atoms with E-state index in [0.29, 0.717) is 11.5 Å². The quantitative estimate of drug-likeness (QED) is 0.148. The van der Waals surface area contributed by atoms with Crippen LogP contribution in [0.15, 0.2) is 66.7 Å². The maximum atomic E-state index is 10.8. The molecule has 39 heavy (non-hydrogen) atoms. The van der Waals surface area contributed by atoms with Crippen LogP contribution in [0, 0.1) is 0 Å². The van der Waals surface area contributed by atoms with Crippen LogP contribution in [0.5, 0.6) is 28.7 Å². The van der Waals surface area contributed by atoms with Crippen LogP contribution in [0.3, 0.4) is 0 Å². The van der Waals surface area contributed by atoms with Crippen molar-refractivity contribution >= 4 is 0 Å². The van der Waals surface area contributed by atoms with E-state index in [2.05, 4.69) is 38.1 Å². The van der Waals surface area contributed by atoms with E-state index in [1.807, 2.05) is 30.3 Å². The van der Waals surface area contributed by atoms with E-state index in [1.54, 1.807) is 12.1 Å². The van der Waals surface area contributed by atoms with E-state index in [9.17, 15) is 5.11 Å². The van der Waals surface area contributed by atoms with Gasteiger partial charge in [0.15, 0.2) is 11.5 Å². The fourth-order valence-corrected chi connectivity index (χ4v) is 5.08. The van der Waals surface area contributed by atoms with Crippen LogP contribution in [0.25, 0.3) is 0 Å². The molecule has 0 saturated heterocycles. The average Bonchev–Trinajstić information content (AvgIpc) is 2.95. The van der Waals surface area contributed by atoms with Crippen molar-refractivity contribution in [3.8, 4) is 28.7 Å². The molecule has 0 spiro atoms. The van der Waals surface area contributed by atoms with Gasteiger partial charge < -0.3 is 14.6 Å². The van der Waals surface area contributed by atoms with Crippen molar-refractivity contribution in [3.63, 3.8) is 0 Å². The molecule has 0 saturated carbocycles. The Morgan fingerprint density at radius 3 is 1.44 bits per heavy atom. The summed E-state index contributed by atoms with van der Waals surface area (Å²) in [5.41, 5.74) is 2.36. The third kappa shape index (κ3) is 11.0. The largest absolute Gasteiger partial charge is 0.504 e. The van der Waals surface area contributed by atoms with Crippen molar-refractivity contribution in [1.29, 1.82) is 0 Å². The molecule has 0 unspecified atom stereocenters. The molecule has 0 fully saturated rings. The van der Waals surface area contributed by atoms with Gasteiger partial charge in [-0.25, -0.2) is 0 Å². The van der Waals surface area contributed by atoms with Crippen LogP contribution < -0.4 is 9.47 Å². The number of para-hydroxylation sites is 3. The lowest BCUT2D eigenvalue weighted by Gasteiger charge is -2.17. The summed E-state index contributed by atoms with van der Waals surface area (Å²) in [6.45, 7) is 4.52. The van der Waals surface area contributed by atoms with Gasteiger partial charge in [-0.2, -0.15) is 0 Å². The summed E-state index contributed by atoms with van der Waals surface area (Å²) in [6, 6.07) is 21.7. The molecule has 3 heteroatoms. The predicted molar refractivity (Wildman–Crippen MR) is 165 cm³/mol. The highest BCUT2D eigenvalue weighted by Gasteiger charge is 2.16. The maximum absolute atomic E-state index is 10.8.